The third-order valence-electron chi connectivity index (χ3n) is 2.26. The van der Waals surface area contributed by atoms with Crippen molar-refractivity contribution in [3.63, 3.8) is 0 Å². The van der Waals surface area contributed by atoms with E-state index in [0.29, 0.717) is 11.6 Å². The van der Waals surface area contributed by atoms with Gasteiger partial charge in [-0.25, -0.2) is 0 Å². The molecule has 1 aromatic carbocycles. The minimum Gasteiger partial charge on any atom is -0.351 e. The molecule has 0 saturated carbocycles. The summed E-state index contributed by atoms with van der Waals surface area (Å²) in [6, 6.07) is 7.44. The van der Waals surface area contributed by atoms with Crippen molar-refractivity contribution in [1.29, 1.82) is 0 Å². The van der Waals surface area contributed by atoms with Crippen molar-refractivity contribution >= 4 is 30.1 Å². The Morgan fingerprint density at radius 2 is 2.19 bits per heavy atom. The predicted molar refractivity (Wildman–Crippen MR) is 70.9 cm³/mol. The van der Waals surface area contributed by atoms with Gasteiger partial charge in [0, 0.05) is 11.6 Å². The highest BCUT2D eigenvalue weighted by Crippen LogP contribution is 2.12. The zero-order chi connectivity index (χ0) is 12.1. The molecule has 88 valence electrons. The molecule has 2 nitrogen and oxygen atoms in total. The second kappa shape index (κ2) is 6.16. The third kappa shape index (κ3) is 4.06. The number of carbonyl (C=O) groups is 1. The maximum absolute atomic E-state index is 11.6. The van der Waals surface area contributed by atoms with Crippen molar-refractivity contribution in [2.45, 2.75) is 25.6 Å². The Morgan fingerprint density at radius 3 is 2.75 bits per heavy atom. The molecule has 1 aromatic rings. The van der Waals surface area contributed by atoms with Gasteiger partial charge in [0.15, 0.2) is 0 Å². The first-order chi connectivity index (χ1) is 7.50. The number of amides is 1. The van der Waals surface area contributed by atoms with Gasteiger partial charge in [-0.05, 0) is 23.6 Å². The molecule has 0 fully saturated rings. The Balaban J connectivity index is 2.49. The van der Waals surface area contributed by atoms with Crippen LogP contribution in [0.5, 0.6) is 0 Å². The van der Waals surface area contributed by atoms with Crippen LogP contribution in [0.2, 0.25) is 5.02 Å². The van der Waals surface area contributed by atoms with E-state index in [1.165, 1.54) is 0 Å². The van der Waals surface area contributed by atoms with Gasteiger partial charge in [0.25, 0.3) is 0 Å². The number of nitrogens with one attached hydrogen (secondary N) is 1. The van der Waals surface area contributed by atoms with E-state index in [9.17, 15) is 4.79 Å². The first kappa shape index (κ1) is 13.4. The first-order valence-electron chi connectivity index (χ1n) is 5.21. The minimum atomic E-state index is -0.265. The van der Waals surface area contributed by atoms with Gasteiger partial charge >= 0.3 is 0 Å². The molecule has 0 aliphatic heterocycles. The maximum atomic E-state index is 11.6. The number of rotatable bonds is 4. The van der Waals surface area contributed by atoms with Gasteiger partial charge in [0.1, 0.15) is 0 Å². The van der Waals surface area contributed by atoms with Crippen LogP contribution >= 0.6 is 24.2 Å². The SMILES string of the molecule is CC(C)C(S)C(=O)NCc1cccc(Cl)c1. The summed E-state index contributed by atoms with van der Waals surface area (Å²) in [5.74, 6) is 0.181. The summed E-state index contributed by atoms with van der Waals surface area (Å²) in [6.45, 7) is 4.43. The Kier molecular flexibility index (Phi) is 5.16. The molecule has 0 radical (unpaired) electrons. The van der Waals surface area contributed by atoms with E-state index in [2.05, 4.69) is 17.9 Å². The highest BCUT2D eigenvalue weighted by atomic mass is 35.5. The van der Waals surface area contributed by atoms with Gasteiger partial charge < -0.3 is 5.32 Å². The molecule has 0 saturated heterocycles. The monoisotopic (exact) mass is 257 g/mol. The second-order valence-corrected chi connectivity index (χ2v) is 5.03. The predicted octanol–water partition coefficient (Wildman–Crippen LogP) is 2.91. The lowest BCUT2D eigenvalue weighted by Gasteiger charge is -2.14. The molecule has 0 spiro atoms. The molecular weight excluding hydrogens is 242 g/mol. The lowest BCUT2D eigenvalue weighted by atomic mass is 10.1. The molecule has 0 aromatic heterocycles. The largest absolute Gasteiger partial charge is 0.351 e. The van der Waals surface area contributed by atoms with Crippen molar-refractivity contribution in [1.82, 2.24) is 5.32 Å². The summed E-state index contributed by atoms with van der Waals surface area (Å²) >= 11 is 10.1. The van der Waals surface area contributed by atoms with Crippen LogP contribution in [0.4, 0.5) is 0 Å². The zero-order valence-electron chi connectivity index (χ0n) is 9.40. The van der Waals surface area contributed by atoms with E-state index in [-0.39, 0.29) is 17.1 Å². The lowest BCUT2D eigenvalue weighted by Crippen LogP contribution is -2.33. The fourth-order valence-electron chi connectivity index (χ4n) is 1.24. The summed E-state index contributed by atoms with van der Waals surface area (Å²) in [5.41, 5.74) is 0.991. The fraction of sp³-hybridized carbons (Fsp3) is 0.417. The summed E-state index contributed by atoms with van der Waals surface area (Å²) in [6.07, 6.45) is 0. The summed E-state index contributed by atoms with van der Waals surface area (Å²) in [7, 11) is 0. The van der Waals surface area contributed by atoms with Crippen LogP contribution < -0.4 is 5.32 Å². The fourth-order valence-corrected chi connectivity index (χ4v) is 1.55. The molecule has 1 unspecified atom stereocenters. The van der Waals surface area contributed by atoms with Gasteiger partial charge in [0.2, 0.25) is 5.91 Å². The van der Waals surface area contributed by atoms with E-state index in [4.69, 9.17) is 11.6 Å². The maximum Gasteiger partial charge on any atom is 0.233 e. The molecule has 0 aliphatic rings. The Bertz CT molecular complexity index is 368. The van der Waals surface area contributed by atoms with Crippen molar-refractivity contribution in [3.05, 3.63) is 34.9 Å². The molecule has 1 atom stereocenters. The summed E-state index contributed by atoms with van der Waals surface area (Å²) in [5, 5.41) is 3.25. The number of thiol groups is 1. The molecule has 1 rings (SSSR count). The minimum absolute atomic E-state index is 0.0432. The van der Waals surface area contributed by atoms with Gasteiger partial charge in [-0.3, -0.25) is 4.79 Å². The second-order valence-electron chi connectivity index (χ2n) is 4.04. The zero-order valence-corrected chi connectivity index (χ0v) is 11.1. The van der Waals surface area contributed by atoms with Crippen LogP contribution in [-0.2, 0) is 11.3 Å². The van der Waals surface area contributed by atoms with E-state index < -0.39 is 0 Å². The topological polar surface area (TPSA) is 29.1 Å². The van der Waals surface area contributed by atoms with Gasteiger partial charge in [-0.1, -0.05) is 37.6 Å². The van der Waals surface area contributed by atoms with Crippen molar-refractivity contribution in [3.8, 4) is 0 Å². The highest BCUT2D eigenvalue weighted by Gasteiger charge is 2.16. The van der Waals surface area contributed by atoms with Crippen LogP contribution in [0, 0.1) is 5.92 Å². The quantitative estimate of drug-likeness (QED) is 0.798. The van der Waals surface area contributed by atoms with Crippen molar-refractivity contribution in [2.75, 3.05) is 0 Å². The molecule has 4 heteroatoms. The van der Waals surface area contributed by atoms with Gasteiger partial charge in [-0.15, -0.1) is 0 Å². The normalized spacial score (nSPS) is 12.6. The van der Waals surface area contributed by atoms with E-state index in [0.717, 1.165) is 5.56 Å². The summed E-state index contributed by atoms with van der Waals surface area (Å²) in [4.78, 5) is 11.6. The average Bonchev–Trinajstić information content (AvgIpc) is 2.24. The smallest absolute Gasteiger partial charge is 0.233 e. The van der Waals surface area contributed by atoms with Gasteiger partial charge in [0.05, 0.1) is 5.25 Å². The van der Waals surface area contributed by atoms with Crippen molar-refractivity contribution < 1.29 is 4.79 Å². The molecular formula is C12H16ClNOS. The van der Waals surface area contributed by atoms with Crippen LogP contribution in [0.15, 0.2) is 24.3 Å². The molecule has 0 heterocycles. The number of halogens is 1. The van der Waals surface area contributed by atoms with E-state index in [1.807, 2.05) is 38.1 Å². The first-order valence-corrected chi connectivity index (χ1v) is 6.10. The summed E-state index contributed by atoms with van der Waals surface area (Å²) < 4.78 is 0. The Labute approximate surface area is 107 Å². The lowest BCUT2D eigenvalue weighted by molar-refractivity contribution is -0.121. The highest BCUT2D eigenvalue weighted by molar-refractivity contribution is 7.81. The standard InChI is InChI=1S/C12H16ClNOS/c1-8(2)11(16)12(15)14-7-9-4-3-5-10(13)6-9/h3-6,8,11,16H,7H2,1-2H3,(H,14,15). The number of hydrogen-bond donors (Lipinski definition) is 2. The van der Waals surface area contributed by atoms with E-state index >= 15 is 0 Å². The Hall–Kier alpha value is -0.670. The van der Waals surface area contributed by atoms with Crippen molar-refractivity contribution in [2.24, 2.45) is 5.92 Å². The molecule has 0 aliphatic carbocycles. The third-order valence-corrected chi connectivity index (χ3v) is 3.32. The van der Waals surface area contributed by atoms with Crippen LogP contribution in [0.25, 0.3) is 0 Å². The molecule has 1 amide bonds. The number of carbonyl (C=O) groups excluding carboxylic acids is 1. The van der Waals surface area contributed by atoms with Crippen LogP contribution in [-0.4, -0.2) is 11.2 Å². The average molecular weight is 258 g/mol. The number of hydrogen-bond acceptors (Lipinski definition) is 2. The molecule has 0 bridgehead atoms. The Morgan fingerprint density at radius 1 is 1.50 bits per heavy atom. The molecule has 1 N–H and O–H groups in total. The van der Waals surface area contributed by atoms with Crippen LogP contribution in [0.3, 0.4) is 0 Å². The van der Waals surface area contributed by atoms with Crippen LogP contribution in [0.1, 0.15) is 19.4 Å². The number of benzene rings is 1. The van der Waals surface area contributed by atoms with E-state index in [1.54, 1.807) is 0 Å². The molecule has 16 heavy (non-hydrogen) atoms. The van der Waals surface area contributed by atoms with Gasteiger partial charge in [-0.2, -0.15) is 12.6 Å².